The largest absolute Gasteiger partial charge is 0.431 e. The van der Waals surface area contributed by atoms with Crippen LogP contribution in [-0.2, 0) is 4.84 Å². The number of nitrogens with one attached hydrogen (secondary N) is 5. The Morgan fingerprint density at radius 1 is 0.337 bits per heavy atom. The van der Waals surface area contributed by atoms with E-state index in [4.69, 9.17) is 0 Å². The molecule has 0 aromatic carbocycles. The van der Waals surface area contributed by atoms with Gasteiger partial charge in [-0.15, -0.1) is 52.1 Å². The lowest BCUT2D eigenvalue weighted by atomic mass is 10.5. The molecule has 28 nitrogen and oxygen atoms in total. The number of hydrogen-bond acceptors (Lipinski definition) is 26. The highest BCUT2D eigenvalue weighted by Gasteiger charge is 1.86. The molecule has 5 N–H and O–H groups in total. The molecule has 10 heterocycles. The number of nitrogens with zero attached hydrogens (tertiary/aromatic N) is 20. The Labute approximate surface area is 618 Å². The van der Waals surface area contributed by atoms with Crippen LogP contribution in [0, 0.1) is 0 Å². The minimum atomic E-state index is 0.778. The first-order valence-electron chi connectivity index (χ1n) is 37.1. The molecule has 8 aromatic rings. The van der Waals surface area contributed by atoms with Gasteiger partial charge < -0.3 is 19.2 Å². The van der Waals surface area contributed by atoms with Crippen molar-refractivity contribution in [3.05, 3.63) is 86.1 Å². The van der Waals surface area contributed by atoms with Crippen LogP contribution >= 0.6 is 22.9 Å². The minimum absolute atomic E-state index is 0.778. The Bertz CT molecular complexity index is 1110. The smallest absolute Gasteiger partial charge is 0.213 e. The van der Waals surface area contributed by atoms with E-state index in [0.717, 1.165) is 26.0 Å². The topological polar surface area (TPSA) is 367 Å². The predicted molar refractivity (Wildman–Crippen MR) is 442 cm³/mol. The standard InChI is InChI=1S/C3H6N2.C3H5NO.2C2H3N3.2C2H2N2O.2C2H2N2S.24C2H6.2CH2N4/c2*1-2-4-5-3-1;1-3-2-5-4-1;1-2-4-5-3-1;1-3-4-2-5-1;1-3-2-5-4-1;1-3-4-2-5-1;1-3-2-5-4-1;24*1-2;2*1-2-4-5-3-1/h2,5H,1,3H2;2H,1,3H2;2*1-2H,(H,3,4,5);4*1-2H;24*1-2H3;2*1H,(H,2,3,4,5). The summed E-state index contributed by atoms with van der Waals surface area (Å²) in [7, 11) is 0. The number of aromatic nitrogens is 22. The van der Waals surface area contributed by atoms with Crippen molar-refractivity contribution in [1.29, 1.82) is 0 Å². The van der Waals surface area contributed by atoms with Crippen LogP contribution < -0.4 is 5.43 Å². The summed E-state index contributed by atoms with van der Waals surface area (Å²) in [6.45, 7) is 97.8. The van der Waals surface area contributed by atoms with Crippen LogP contribution in [0.2, 0.25) is 0 Å². The summed E-state index contributed by atoms with van der Waals surface area (Å²) in [6.07, 6.45) is 21.2. The van der Waals surface area contributed by atoms with E-state index in [1.165, 1.54) is 80.0 Å². The molecule has 2 aliphatic rings. The number of tetrazole rings is 2. The summed E-state index contributed by atoms with van der Waals surface area (Å²) in [5.41, 5.74) is 7.83. The van der Waals surface area contributed by atoms with Gasteiger partial charge in [0.05, 0.1) is 12.4 Å². The van der Waals surface area contributed by atoms with E-state index in [2.05, 4.69) is 141 Å². The number of aromatic amines is 4. The third-order valence-electron chi connectivity index (χ3n) is 3.39. The van der Waals surface area contributed by atoms with Gasteiger partial charge in [0.2, 0.25) is 19.2 Å². The van der Waals surface area contributed by atoms with Gasteiger partial charge in [0, 0.05) is 31.8 Å². The van der Waals surface area contributed by atoms with Crippen LogP contribution in [0.1, 0.15) is 345 Å². The van der Waals surface area contributed by atoms with Crippen LogP contribution in [0.3, 0.4) is 0 Å². The van der Waals surface area contributed by atoms with Crippen LogP contribution in [0.25, 0.3) is 0 Å². The molecule has 0 aliphatic carbocycles. The Balaban J connectivity index is -0.0000000265. The molecule has 98 heavy (non-hydrogen) atoms. The fourth-order valence-corrected chi connectivity index (χ4v) is 2.27. The SMILES string of the molecule is C1=NNCC1.C1=NOCC1.CC.CC.CC.CC.CC.CC.CC.CC.CC.CC.CC.CC.CC.CC.CC.CC.CC.CC.CC.CC.CC.CC.CC.CC.c1cn[nH]n1.c1nc[nH]n1.c1ncon1.c1ncsn1.c1nn[nH]n1.c1nn[nH]n1.c1nnco1.c1nncs1. The molecule has 0 spiro atoms. The Morgan fingerprint density at radius 3 is 0.827 bits per heavy atom. The van der Waals surface area contributed by atoms with Crippen LogP contribution in [0.5, 0.6) is 0 Å². The molecular formula is C68H173N25O3S2. The average Bonchev–Trinajstić information content (AvgIpc) is 4.58. The van der Waals surface area contributed by atoms with Crippen molar-refractivity contribution in [3.8, 4) is 0 Å². The zero-order valence-corrected chi connectivity index (χ0v) is 75.2. The Kier molecular flexibility index (Phi) is 648. The zero-order chi connectivity index (χ0) is 83.4. The van der Waals surface area contributed by atoms with E-state index in [1.54, 1.807) is 35.1 Å². The first-order chi connectivity index (χ1) is 49.0. The van der Waals surface area contributed by atoms with Gasteiger partial charge in [-0.2, -0.15) is 40.4 Å². The normalized spacial score (nSPS) is 6.69. The molecule has 0 radical (unpaired) electrons. The molecule has 0 unspecified atom stereocenters. The highest BCUT2D eigenvalue weighted by Crippen LogP contribution is 1.86. The van der Waals surface area contributed by atoms with Gasteiger partial charge in [0.25, 0.3) is 0 Å². The summed E-state index contributed by atoms with van der Waals surface area (Å²) >= 11 is 2.84. The van der Waals surface area contributed by atoms with Gasteiger partial charge in [0.15, 0.2) is 19.0 Å². The second-order valence-corrected chi connectivity index (χ2v) is 7.99. The van der Waals surface area contributed by atoms with Gasteiger partial charge in [-0.25, -0.2) is 15.0 Å². The van der Waals surface area contributed by atoms with E-state index in [0.29, 0.717) is 0 Å². The fraction of sp³-hybridized carbons (Fsp3) is 0.765. The van der Waals surface area contributed by atoms with Crippen molar-refractivity contribution in [1.82, 2.24) is 117 Å². The van der Waals surface area contributed by atoms with Gasteiger partial charge in [-0.3, -0.25) is 5.10 Å². The lowest BCUT2D eigenvalue weighted by Gasteiger charge is -1.76. The van der Waals surface area contributed by atoms with Gasteiger partial charge in [-0.05, 0) is 11.5 Å². The molecule has 0 saturated carbocycles. The maximum Gasteiger partial charge on any atom is 0.213 e. The van der Waals surface area contributed by atoms with Gasteiger partial charge in [0.1, 0.15) is 42.1 Å². The fourth-order valence-electron chi connectivity index (χ4n) is 1.72. The van der Waals surface area contributed by atoms with Crippen molar-refractivity contribution in [2.45, 2.75) is 345 Å². The lowest BCUT2D eigenvalue weighted by molar-refractivity contribution is 0.174. The second kappa shape index (κ2) is 387. The van der Waals surface area contributed by atoms with E-state index in [9.17, 15) is 0 Å². The van der Waals surface area contributed by atoms with Crippen molar-refractivity contribution in [2.75, 3.05) is 13.2 Å². The van der Waals surface area contributed by atoms with Gasteiger partial charge >= 0.3 is 0 Å². The lowest BCUT2D eigenvalue weighted by Crippen LogP contribution is -1.96. The summed E-state index contributed by atoms with van der Waals surface area (Å²) < 4.78 is 12.2. The highest BCUT2D eigenvalue weighted by atomic mass is 32.1. The maximum absolute atomic E-state index is 4.51. The maximum atomic E-state index is 4.51. The highest BCUT2D eigenvalue weighted by molar-refractivity contribution is 7.07. The molecule has 0 saturated heterocycles. The number of hydrazone groups is 1. The second-order valence-electron chi connectivity index (χ2n) is 6.66. The molecule has 10 rings (SSSR count). The number of oxime groups is 1. The molecule has 2 aliphatic heterocycles. The van der Waals surface area contributed by atoms with E-state index >= 15 is 0 Å². The zero-order valence-electron chi connectivity index (χ0n) is 73.6. The number of rotatable bonds is 0. The minimum Gasteiger partial charge on any atom is -0.431 e. The van der Waals surface area contributed by atoms with E-state index in [1.807, 2.05) is 339 Å². The Hall–Kier alpha value is -7.24. The van der Waals surface area contributed by atoms with Crippen molar-refractivity contribution in [3.63, 3.8) is 0 Å². The average molecular weight is 1450 g/mol. The van der Waals surface area contributed by atoms with Crippen molar-refractivity contribution >= 4 is 35.3 Å². The summed E-state index contributed by atoms with van der Waals surface area (Å²) in [6, 6.07) is 0. The molecule has 0 atom stereocenters. The molecule has 30 heteroatoms. The third kappa shape index (κ3) is 374. The van der Waals surface area contributed by atoms with Crippen molar-refractivity contribution < 1.29 is 13.8 Å². The van der Waals surface area contributed by atoms with E-state index < -0.39 is 0 Å². The van der Waals surface area contributed by atoms with Crippen molar-refractivity contribution in [2.24, 2.45) is 10.3 Å². The first kappa shape index (κ1) is 164. The van der Waals surface area contributed by atoms with Crippen LogP contribution in [0.4, 0.5) is 0 Å². The third-order valence-corrected chi connectivity index (χ3v) is 4.25. The first-order valence-corrected chi connectivity index (χ1v) is 38.8. The number of H-pyrrole nitrogens is 4. The summed E-state index contributed by atoms with van der Waals surface area (Å²) in [5, 5.41) is 63.6. The summed E-state index contributed by atoms with van der Waals surface area (Å²) in [5.74, 6) is 0. The summed E-state index contributed by atoms with van der Waals surface area (Å²) in [4.78, 5) is 15.1. The molecule has 600 valence electrons. The molecular weight excluding hydrogens is 1280 g/mol. The molecule has 8 aromatic heterocycles. The van der Waals surface area contributed by atoms with Crippen LogP contribution in [0.15, 0.2) is 105 Å². The monoisotopic (exact) mass is 1450 g/mol. The number of hydrogen-bond donors (Lipinski definition) is 5. The molecule has 0 amide bonds. The predicted octanol–water partition coefficient (Wildman–Crippen LogP) is 24.2. The molecule has 0 bridgehead atoms. The van der Waals surface area contributed by atoms with Crippen LogP contribution in [-0.4, -0.2) is 137 Å². The quantitative estimate of drug-likeness (QED) is 0.0941. The van der Waals surface area contributed by atoms with E-state index in [-0.39, 0.29) is 0 Å². The molecule has 0 fully saturated rings. The Morgan fingerprint density at radius 2 is 0.735 bits per heavy atom. The van der Waals surface area contributed by atoms with Gasteiger partial charge in [-0.1, -0.05) is 353 Å².